The van der Waals surface area contributed by atoms with Crippen LogP contribution < -0.4 is 0 Å². The van der Waals surface area contributed by atoms with Crippen LogP contribution in [-0.2, 0) is 16.0 Å². The van der Waals surface area contributed by atoms with Gasteiger partial charge in [0.15, 0.2) is 6.29 Å². The number of hydrogen-bond donors (Lipinski definition) is 1. The molecule has 0 bridgehead atoms. The third-order valence-corrected chi connectivity index (χ3v) is 4.87. The van der Waals surface area contributed by atoms with Crippen molar-refractivity contribution in [3.63, 3.8) is 0 Å². The highest BCUT2D eigenvalue weighted by atomic mass is 35.5. The minimum atomic E-state index is -1.27. The molecule has 0 radical (unpaired) electrons. The molecular formula is C18H22ClN3O3. The number of benzene rings is 1. The Morgan fingerprint density at radius 1 is 1.28 bits per heavy atom. The van der Waals surface area contributed by atoms with E-state index in [1.807, 2.05) is 44.2 Å². The Hall–Kier alpha value is -1.73. The van der Waals surface area contributed by atoms with E-state index >= 15 is 0 Å². The van der Waals surface area contributed by atoms with Crippen LogP contribution in [0.5, 0.6) is 0 Å². The lowest BCUT2D eigenvalue weighted by molar-refractivity contribution is -0.188. The minimum Gasteiger partial charge on any atom is -0.383 e. The molecule has 1 aliphatic rings. The van der Waals surface area contributed by atoms with Gasteiger partial charge < -0.3 is 14.6 Å². The number of hydrogen-bond acceptors (Lipinski definition) is 5. The van der Waals surface area contributed by atoms with E-state index in [4.69, 9.17) is 21.1 Å². The Morgan fingerprint density at radius 3 is 2.56 bits per heavy atom. The highest BCUT2D eigenvalue weighted by Crippen LogP contribution is 2.40. The average Bonchev–Trinajstić information content (AvgIpc) is 3.28. The second-order valence-corrected chi connectivity index (χ2v) is 7.13. The standard InChI is InChI=1S/C18H22ClN3O3/c1-17(2,16-24-9-10-25-16)18(23,11-22-13-20-12-21-22)8-7-14-3-5-15(19)6-4-14/h3-8,12-13,16,23H,9-11H2,1-2H3. The molecule has 2 aromatic rings. The van der Waals surface area contributed by atoms with Crippen molar-refractivity contribution in [2.75, 3.05) is 13.2 Å². The molecule has 6 nitrogen and oxygen atoms in total. The van der Waals surface area contributed by atoms with Crippen molar-refractivity contribution < 1.29 is 14.6 Å². The van der Waals surface area contributed by atoms with Crippen LogP contribution in [0.1, 0.15) is 19.4 Å². The van der Waals surface area contributed by atoms with Crippen molar-refractivity contribution in [2.45, 2.75) is 32.3 Å². The molecule has 1 aromatic carbocycles. The van der Waals surface area contributed by atoms with Crippen molar-refractivity contribution in [3.8, 4) is 0 Å². The van der Waals surface area contributed by atoms with E-state index in [2.05, 4.69) is 10.1 Å². The quantitative estimate of drug-likeness (QED) is 0.854. The van der Waals surface area contributed by atoms with Crippen LogP contribution in [0.15, 0.2) is 43.0 Å². The van der Waals surface area contributed by atoms with Gasteiger partial charge in [0.2, 0.25) is 0 Å². The zero-order valence-electron chi connectivity index (χ0n) is 14.3. The number of nitrogens with zero attached hydrogens (tertiary/aromatic N) is 3. The molecule has 1 saturated heterocycles. The number of ether oxygens (including phenoxy) is 2. The summed E-state index contributed by atoms with van der Waals surface area (Å²) < 4.78 is 12.9. The van der Waals surface area contributed by atoms with Crippen molar-refractivity contribution in [3.05, 3.63) is 53.6 Å². The fraction of sp³-hybridized carbons (Fsp3) is 0.444. The lowest BCUT2D eigenvalue weighted by atomic mass is 9.73. The molecule has 25 heavy (non-hydrogen) atoms. The molecule has 1 aromatic heterocycles. The van der Waals surface area contributed by atoms with E-state index < -0.39 is 17.3 Å². The first kappa shape index (κ1) is 18.1. The summed E-state index contributed by atoms with van der Waals surface area (Å²) in [5.74, 6) is 0. The molecule has 3 rings (SSSR count). The summed E-state index contributed by atoms with van der Waals surface area (Å²) >= 11 is 5.93. The Bertz CT molecular complexity index is 710. The van der Waals surface area contributed by atoms with Gasteiger partial charge in [-0.2, -0.15) is 5.10 Å². The van der Waals surface area contributed by atoms with Gasteiger partial charge in [-0.15, -0.1) is 0 Å². The van der Waals surface area contributed by atoms with Gasteiger partial charge in [0.05, 0.1) is 19.8 Å². The van der Waals surface area contributed by atoms with E-state index in [-0.39, 0.29) is 6.54 Å². The maximum Gasteiger partial charge on any atom is 0.165 e. The molecule has 7 heteroatoms. The summed E-state index contributed by atoms with van der Waals surface area (Å²) in [5, 5.41) is 16.3. The molecule has 0 aliphatic carbocycles. The van der Waals surface area contributed by atoms with Gasteiger partial charge in [-0.1, -0.05) is 43.7 Å². The molecular weight excluding hydrogens is 342 g/mol. The van der Waals surface area contributed by atoms with E-state index in [9.17, 15) is 5.11 Å². The molecule has 1 aliphatic heterocycles. The van der Waals surface area contributed by atoms with Crippen LogP contribution in [0.3, 0.4) is 0 Å². The zero-order valence-corrected chi connectivity index (χ0v) is 15.1. The minimum absolute atomic E-state index is 0.229. The highest BCUT2D eigenvalue weighted by molar-refractivity contribution is 6.30. The number of rotatable bonds is 6. The predicted molar refractivity (Wildman–Crippen MR) is 94.9 cm³/mol. The summed E-state index contributed by atoms with van der Waals surface area (Å²) in [6.45, 7) is 5.12. The first-order chi connectivity index (χ1) is 11.9. The van der Waals surface area contributed by atoms with Crippen LogP contribution >= 0.6 is 11.6 Å². The lowest BCUT2D eigenvalue weighted by Gasteiger charge is -2.43. The second-order valence-electron chi connectivity index (χ2n) is 6.70. The maximum absolute atomic E-state index is 11.5. The zero-order chi connectivity index (χ0) is 17.9. The van der Waals surface area contributed by atoms with Crippen LogP contribution in [0, 0.1) is 5.41 Å². The Morgan fingerprint density at radius 2 is 1.96 bits per heavy atom. The monoisotopic (exact) mass is 363 g/mol. The largest absolute Gasteiger partial charge is 0.383 e. The van der Waals surface area contributed by atoms with E-state index in [0.29, 0.717) is 18.2 Å². The molecule has 1 atom stereocenters. The first-order valence-corrected chi connectivity index (χ1v) is 8.51. The third-order valence-electron chi connectivity index (χ3n) is 4.62. The van der Waals surface area contributed by atoms with E-state index in [0.717, 1.165) is 5.56 Å². The van der Waals surface area contributed by atoms with Gasteiger partial charge in [-0.3, -0.25) is 0 Å². The summed E-state index contributed by atoms with van der Waals surface area (Å²) in [7, 11) is 0. The van der Waals surface area contributed by atoms with Gasteiger partial charge >= 0.3 is 0 Å². The second kappa shape index (κ2) is 7.25. The summed E-state index contributed by atoms with van der Waals surface area (Å²) in [4.78, 5) is 3.95. The maximum atomic E-state index is 11.5. The molecule has 1 fully saturated rings. The average molecular weight is 364 g/mol. The molecule has 1 unspecified atom stereocenters. The van der Waals surface area contributed by atoms with Crippen LogP contribution in [-0.4, -0.2) is 45.0 Å². The van der Waals surface area contributed by atoms with Crippen molar-refractivity contribution in [1.29, 1.82) is 0 Å². The molecule has 2 heterocycles. The Labute approximate surface area is 152 Å². The van der Waals surface area contributed by atoms with Gasteiger partial charge in [-0.05, 0) is 23.8 Å². The SMILES string of the molecule is CC(C)(C1OCCO1)C(O)(C=Cc1ccc(Cl)cc1)Cn1cncn1. The number of aromatic nitrogens is 3. The molecule has 0 spiro atoms. The van der Waals surface area contributed by atoms with Crippen LogP contribution in [0.2, 0.25) is 5.02 Å². The summed E-state index contributed by atoms with van der Waals surface area (Å²) in [6.07, 6.45) is 6.15. The fourth-order valence-corrected chi connectivity index (χ4v) is 2.95. The van der Waals surface area contributed by atoms with Crippen molar-refractivity contribution >= 4 is 17.7 Å². The first-order valence-electron chi connectivity index (χ1n) is 8.13. The van der Waals surface area contributed by atoms with E-state index in [1.54, 1.807) is 17.1 Å². The van der Waals surface area contributed by atoms with Crippen molar-refractivity contribution in [1.82, 2.24) is 14.8 Å². The van der Waals surface area contributed by atoms with Crippen LogP contribution in [0.4, 0.5) is 0 Å². The Kier molecular flexibility index (Phi) is 5.24. The van der Waals surface area contributed by atoms with Gasteiger partial charge in [-0.25, -0.2) is 9.67 Å². The van der Waals surface area contributed by atoms with Gasteiger partial charge in [0.1, 0.15) is 18.3 Å². The topological polar surface area (TPSA) is 69.4 Å². The van der Waals surface area contributed by atoms with E-state index in [1.165, 1.54) is 6.33 Å². The highest BCUT2D eigenvalue weighted by Gasteiger charge is 2.50. The molecule has 134 valence electrons. The molecule has 1 N–H and O–H groups in total. The summed E-state index contributed by atoms with van der Waals surface area (Å²) in [5.41, 5.74) is -1.04. The van der Waals surface area contributed by atoms with Crippen LogP contribution in [0.25, 0.3) is 6.08 Å². The summed E-state index contributed by atoms with van der Waals surface area (Å²) in [6, 6.07) is 7.41. The Balaban J connectivity index is 1.91. The van der Waals surface area contributed by atoms with Crippen molar-refractivity contribution in [2.24, 2.45) is 5.41 Å². The smallest absolute Gasteiger partial charge is 0.165 e. The third kappa shape index (κ3) is 3.93. The van der Waals surface area contributed by atoms with Gasteiger partial charge in [0, 0.05) is 10.4 Å². The van der Waals surface area contributed by atoms with Gasteiger partial charge in [0.25, 0.3) is 0 Å². The fourth-order valence-electron chi connectivity index (χ4n) is 2.82. The molecule has 0 saturated carbocycles. The molecule has 0 amide bonds. The predicted octanol–water partition coefficient (Wildman–Crippen LogP) is 2.78. The number of halogens is 1. The normalized spacial score (nSPS) is 18.7. The lowest BCUT2D eigenvalue weighted by Crippen LogP contribution is -2.53. The number of aliphatic hydroxyl groups is 1.